The summed E-state index contributed by atoms with van der Waals surface area (Å²) in [6.45, 7) is 12.1. The Kier molecular flexibility index (Phi) is 10.3. The van der Waals surface area contributed by atoms with Crippen molar-refractivity contribution in [3.63, 3.8) is 0 Å². The molecule has 2 N–H and O–H groups in total. The van der Waals surface area contributed by atoms with Crippen LogP contribution in [0.15, 0.2) is 84.9 Å². The summed E-state index contributed by atoms with van der Waals surface area (Å²) in [7, 11) is 0. The van der Waals surface area contributed by atoms with Gasteiger partial charge in [-0.2, -0.15) is 5.26 Å². The third-order valence-corrected chi connectivity index (χ3v) is 12.7. The number of carbonyl (C=O) groups excluding carboxylic acids is 5. The zero-order valence-corrected chi connectivity index (χ0v) is 34.1. The lowest BCUT2D eigenvalue weighted by molar-refractivity contribution is -0.164. The molecule has 0 bridgehead atoms. The first kappa shape index (κ1) is 39.8. The van der Waals surface area contributed by atoms with Gasteiger partial charge in [0.05, 0.1) is 21.7 Å². The minimum Gasteiger partial charge on any atom is -0.489 e. The first-order valence-electron chi connectivity index (χ1n) is 19.8. The van der Waals surface area contributed by atoms with E-state index in [9.17, 15) is 29.2 Å². The molecule has 13 heteroatoms. The van der Waals surface area contributed by atoms with Crippen molar-refractivity contribution in [2.45, 2.75) is 65.3 Å². The van der Waals surface area contributed by atoms with Crippen LogP contribution in [-0.2, 0) is 16.1 Å². The van der Waals surface area contributed by atoms with Crippen molar-refractivity contribution in [3.8, 4) is 22.9 Å². The molecule has 4 aliphatic rings. The number of nitrogens with zero attached hydrogens (tertiary/aromatic N) is 4. The van der Waals surface area contributed by atoms with Crippen molar-refractivity contribution in [2.24, 2.45) is 10.8 Å². The number of hydrogen-bond acceptors (Lipinski definition) is 9. The Morgan fingerprint density at radius 1 is 0.864 bits per heavy atom. The van der Waals surface area contributed by atoms with Crippen LogP contribution >= 0.6 is 11.6 Å². The van der Waals surface area contributed by atoms with Crippen LogP contribution in [0.25, 0.3) is 11.1 Å². The van der Waals surface area contributed by atoms with Gasteiger partial charge in [0.2, 0.25) is 11.8 Å². The summed E-state index contributed by atoms with van der Waals surface area (Å²) in [6, 6.07) is 27.3. The first-order chi connectivity index (χ1) is 28.1. The van der Waals surface area contributed by atoms with E-state index in [1.807, 2.05) is 36.4 Å². The first-order valence-corrected chi connectivity index (χ1v) is 20.2. The zero-order chi connectivity index (χ0) is 41.8. The normalized spacial score (nSPS) is 22.3. The van der Waals surface area contributed by atoms with Gasteiger partial charge >= 0.3 is 0 Å². The van der Waals surface area contributed by atoms with Crippen molar-refractivity contribution in [2.75, 3.05) is 31.1 Å². The molecular formula is C46H45ClN6O6. The number of fused-ring (bicyclic) bond motifs is 1. The van der Waals surface area contributed by atoms with Gasteiger partial charge < -0.3 is 15.0 Å². The van der Waals surface area contributed by atoms with Crippen LogP contribution in [-0.4, -0.2) is 83.7 Å². The number of carbonyl (C=O) groups is 5. The molecule has 1 aliphatic carbocycles. The Bertz CT molecular complexity index is 2420. The fourth-order valence-electron chi connectivity index (χ4n) is 9.55. The summed E-state index contributed by atoms with van der Waals surface area (Å²) in [4.78, 5) is 69.7. The molecule has 12 nitrogen and oxygen atoms in total. The van der Waals surface area contributed by atoms with Crippen molar-refractivity contribution >= 4 is 46.8 Å². The molecule has 3 heterocycles. The highest BCUT2D eigenvalue weighted by molar-refractivity contribution is 6.31. The number of anilines is 1. The Morgan fingerprint density at radius 2 is 1.58 bits per heavy atom. The summed E-state index contributed by atoms with van der Waals surface area (Å²) in [6.07, 6.45) is -0.000197. The molecule has 2 saturated heterocycles. The van der Waals surface area contributed by atoms with E-state index >= 15 is 0 Å². The average molecular weight is 813 g/mol. The number of halogens is 1. The second-order valence-corrected chi connectivity index (χ2v) is 17.4. The van der Waals surface area contributed by atoms with Gasteiger partial charge in [-0.1, -0.05) is 69.6 Å². The fourth-order valence-corrected chi connectivity index (χ4v) is 9.76. The molecule has 0 aromatic heterocycles. The molecule has 0 spiro atoms. The number of ether oxygens (including phenoxy) is 1. The van der Waals surface area contributed by atoms with Crippen molar-refractivity contribution < 1.29 is 28.7 Å². The Labute approximate surface area is 348 Å². The van der Waals surface area contributed by atoms with Gasteiger partial charge in [-0.15, -0.1) is 0 Å². The minimum absolute atomic E-state index is 0.0785. The number of nitrogens with one attached hydrogen (secondary N) is 2. The number of piperazine rings is 1. The molecule has 5 amide bonds. The van der Waals surface area contributed by atoms with Crippen LogP contribution in [0.3, 0.4) is 0 Å². The van der Waals surface area contributed by atoms with E-state index in [1.165, 1.54) is 5.56 Å². The highest BCUT2D eigenvalue weighted by atomic mass is 35.5. The van der Waals surface area contributed by atoms with Gasteiger partial charge in [-0.05, 0) is 71.6 Å². The number of rotatable bonds is 9. The van der Waals surface area contributed by atoms with Gasteiger partial charge in [0.25, 0.3) is 17.7 Å². The average Bonchev–Trinajstić information content (AvgIpc) is 3.47. The second kappa shape index (κ2) is 15.3. The van der Waals surface area contributed by atoms with E-state index in [1.54, 1.807) is 30.3 Å². The maximum Gasteiger partial charge on any atom is 0.262 e. The lowest BCUT2D eigenvalue weighted by atomic mass is 9.49. The van der Waals surface area contributed by atoms with E-state index in [-0.39, 0.29) is 52.9 Å². The standard InChI is InChI=1S/C46H45ClN6O6/c1-45(2)43(46(3,4)44(45)59-33-14-12-31(25-48)36(47)24-33)50-39(55)29-10-8-28(9-11-29)30-7-5-6-27(22-30)26-51-18-20-52(21-19-51)32-13-15-34-35(23-32)42(58)53(41(34)57)37-16-17-38(54)49-40(37)56/h5-15,22-24,37,43-44H,16-21,26H2,1-4H3,(H,50,55)(H,49,54,56)/t37?,43-,44-. The van der Waals surface area contributed by atoms with Crippen molar-refractivity contribution in [3.05, 3.63) is 118 Å². The number of piperidine rings is 1. The molecular weight excluding hydrogens is 768 g/mol. The maximum absolute atomic E-state index is 13.5. The van der Waals surface area contributed by atoms with E-state index in [0.717, 1.165) is 54.4 Å². The van der Waals surface area contributed by atoms with Gasteiger partial charge in [-0.25, -0.2) is 0 Å². The maximum atomic E-state index is 13.5. The number of nitriles is 1. The van der Waals surface area contributed by atoms with E-state index in [4.69, 9.17) is 16.3 Å². The smallest absolute Gasteiger partial charge is 0.262 e. The van der Waals surface area contributed by atoms with Crippen molar-refractivity contribution in [1.29, 1.82) is 5.26 Å². The lowest BCUT2D eigenvalue weighted by Gasteiger charge is -2.63. The monoisotopic (exact) mass is 812 g/mol. The Balaban J connectivity index is 0.854. The molecule has 3 aliphatic heterocycles. The largest absolute Gasteiger partial charge is 0.489 e. The fraction of sp³-hybridized carbons (Fsp3) is 0.348. The molecule has 59 heavy (non-hydrogen) atoms. The lowest BCUT2D eigenvalue weighted by Crippen LogP contribution is -2.74. The summed E-state index contributed by atoms with van der Waals surface area (Å²) in [5, 5.41) is 15.1. The Morgan fingerprint density at radius 3 is 2.25 bits per heavy atom. The molecule has 0 radical (unpaired) electrons. The van der Waals surface area contributed by atoms with E-state index in [2.05, 4.69) is 72.4 Å². The molecule has 1 unspecified atom stereocenters. The molecule has 3 fully saturated rings. The van der Waals surface area contributed by atoms with Gasteiger partial charge in [-0.3, -0.25) is 39.1 Å². The Hall–Kier alpha value is -6.03. The summed E-state index contributed by atoms with van der Waals surface area (Å²) < 4.78 is 6.38. The molecule has 302 valence electrons. The summed E-state index contributed by atoms with van der Waals surface area (Å²) in [5.41, 5.74) is 4.84. The molecule has 8 rings (SSSR count). The number of imide groups is 2. The van der Waals surface area contributed by atoms with Crippen LogP contribution in [0, 0.1) is 22.2 Å². The van der Waals surface area contributed by atoms with Crippen LogP contribution in [0.1, 0.15) is 82.7 Å². The van der Waals surface area contributed by atoms with Crippen LogP contribution < -0.4 is 20.3 Å². The second-order valence-electron chi connectivity index (χ2n) is 17.0. The van der Waals surface area contributed by atoms with Crippen molar-refractivity contribution in [1.82, 2.24) is 20.4 Å². The number of amides is 5. The predicted molar refractivity (Wildman–Crippen MR) is 222 cm³/mol. The van der Waals surface area contributed by atoms with Gasteiger partial charge in [0, 0.05) is 73.3 Å². The van der Waals surface area contributed by atoms with E-state index in [0.29, 0.717) is 21.9 Å². The van der Waals surface area contributed by atoms with Crippen LogP contribution in [0.4, 0.5) is 5.69 Å². The van der Waals surface area contributed by atoms with Crippen LogP contribution in [0.5, 0.6) is 5.75 Å². The number of benzene rings is 4. The zero-order valence-electron chi connectivity index (χ0n) is 33.4. The molecule has 4 aromatic rings. The van der Waals surface area contributed by atoms with Gasteiger partial charge in [0.1, 0.15) is 24.0 Å². The van der Waals surface area contributed by atoms with Gasteiger partial charge in [0.15, 0.2) is 0 Å². The summed E-state index contributed by atoms with van der Waals surface area (Å²) >= 11 is 6.25. The third-order valence-electron chi connectivity index (χ3n) is 12.4. The third kappa shape index (κ3) is 7.34. The minimum atomic E-state index is -0.991. The molecule has 4 aromatic carbocycles. The highest BCUT2D eigenvalue weighted by Gasteiger charge is 2.64. The quantitative estimate of drug-likeness (QED) is 0.188. The molecule has 1 saturated carbocycles. The molecule has 1 atom stereocenters. The van der Waals surface area contributed by atoms with Crippen LogP contribution in [0.2, 0.25) is 5.02 Å². The highest BCUT2D eigenvalue weighted by Crippen LogP contribution is 2.55. The SMILES string of the molecule is CC1(C)[C@H](NC(=O)c2ccc(-c3cccc(CN4CCN(c5ccc6c(c5)C(=O)N(C5CCC(=O)NC5=O)C6=O)CC4)c3)cc2)C(C)(C)[C@H]1Oc1ccc(C#N)c(Cl)c1. The van der Waals surface area contributed by atoms with E-state index < -0.39 is 29.7 Å². The number of hydrogen-bond donors (Lipinski definition) is 2. The topological polar surface area (TPSA) is 152 Å². The predicted octanol–water partition coefficient (Wildman–Crippen LogP) is 6.21. The summed E-state index contributed by atoms with van der Waals surface area (Å²) in [5.74, 6) is -1.60.